The van der Waals surface area contributed by atoms with Crippen molar-refractivity contribution in [3.63, 3.8) is 0 Å². The summed E-state index contributed by atoms with van der Waals surface area (Å²) in [6.07, 6.45) is 0.582. The number of aliphatic hydroxyl groups is 1. The predicted molar refractivity (Wildman–Crippen MR) is 188 cm³/mol. The van der Waals surface area contributed by atoms with Crippen LogP contribution in [0.2, 0.25) is 0 Å². The zero-order valence-electron chi connectivity index (χ0n) is 25.5. The van der Waals surface area contributed by atoms with Gasteiger partial charge in [0.1, 0.15) is 5.75 Å². The fourth-order valence-electron chi connectivity index (χ4n) is 5.34. The number of halogens is 2. The van der Waals surface area contributed by atoms with Gasteiger partial charge in [-0.3, -0.25) is 10.2 Å². The first-order valence-electron chi connectivity index (χ1n) is 15.1. The standard InChI is InChI=1S/C35H34Br2N6O4/c36-28-14-10-24(11-15-28)18-19-39-42-34(45)35(22-26-6-1-2-7-27(26)23-40-43-38)32(30-8-3-4-9-31(30)37)47-33(41-35)25-12-16-29(17-13-25)46-21-5-20-44/h1-4,6-17,32,39,44H,5,18-23H2,(H,42,45)/t32-,35-/m0/s1. The van der Waals surface area contributed by atoms with Crippen molar-refractivity contribution in [2.24, 2.45) is 10.1 Å². The Bertz CT molecular complexity index is 1750. The third kappa shape index (κ3) is 8.59. The molecule has 0 unspecified atom stereocenters. The molecule has 0 spiro atoms. The third-order valence-electron chi connectivity index (χ3n) is 7.75. The zero-order chi connectivity index (χ0) is 33.1. The summed E-state index contributed by atoms with van der Waals surface area (Å²) in [6.45, 7) is 1.07. The number of hydrazine groups is 1. The Morgan fingerprint density at radius 1 is 1.00 bits per heavy atom. The second kappa shape index (κ2) is 16.6. The summed E-state index contributed by atoms with van der Waals surface area (Å²) in [5.74, 6) is 0.589. The SMILES string of the molecule is [N-]=[N+]=NCc1ccccc1C[C@]1(C(=O)NNCCc2ccc(Br)cc2)N=C(c2ccc(OCCCO)cc2)O[C@H]1c1ccccc1Br. The van der Waals surface area contributed by atoms with Gasteiger partial charge < -0.3 is 14.6 Å². The van der Waals surface area contributed by atoms with Gasteiger partial charge in [-0.15, -0.1) is 0 Å². The van der Waals surface area contributed by atoms with Gasteiger partial charge in [-0.25, -0.2) is 10.4 Å². The first-order chi connectivity index (χ1) is 22.9. The van der Waals surface area contributed by atoms with Crippen LogP contribution in [-0.2, 0) is 28.9 Å². The quantitative estimate of drug-likeness (QED) is 0.0388. The summed E-state index contributed by atoms with van der Waals surface area (Å²) in [5.41, 5.74) is 17.8. The maximum atomic E-state index is 14.5. The van der Waals surface area contributed by atoms with E-state index in [1.807, 2.05) is 97.1 Å². The molecule has 0 aliphatic carbocycles. The number of aliphatic hydroxyl groups excluding tert-OH is 1. The Labute approximate surface area is 290 Å². The Morgan fingerprint density at radius 2 is 1.72 bits per heavy atom. The molecule has 0 saturated carbocycles. The predicted octanol–water partition coefficient (Wildman–Crippen LogP) is 7.15. The Kier molecular flexibility index (Phi) is 12.0. The second-order valence-corrected chi connectivity index (χ2v) is 12.7. The molecule has 1 heterocycles. The second-order valence-electron chi connectivity index (χ2n) is 10.9. The van der Waals surface area contributed by atoms with Gasteiger partial charge in [-0.05, 0) is 71.1 Å². The van der Waals surface area contributed by atoms with Crippen LogP contribution in [0.1, 0.15) is 40.3 Å². The lowest BCUT2D eigenvalue weighted by atomic mass is 9.81. The number of azide groups is 1. The highest BCUT2D eigenvalue weighted by atomic mass is 79.9. The third-order valence-corrected chi connectivity index (χ3v) is 9.00. The fraction of sp³-hybridized carbons (Fsp3) is 0.257. The summed E-state index contributed by atoms with van der Waals surface area (Å²) >= 11 is 7.15. The Morgan fingerprint density at radius 3 is 2.45 bits per heavy atom. The number of nitrogens with one attached hydrogen (secondary N) is 2. The van der Waals surface area contributed by atoms with Crippen molar-refractivity contribution in [3.05, 3.63) is 144 Å². The van der Waals surface area contributed by atoms with E-state index in [0.29, 0.717) is 43.2 Å². The molecular weight excluding hydrogens is 728 g/mol. The van der Waals surface area contributed by atoms with Crippen LogP contribution < -0.4 is 15.6 Å². The van der Waals surface area contributed by atoms with E-state index in [9.17, 15) is 4.79 Å². The number of carbonyl (C=O) groups excluding carboxylic acids is 1. The highest BCUT2D eigenvalue weighted by Crippen LogP contribution is 2.45. The number of rotatable bonds is 15. The van der Waals surface area contributed by atoms with Crippen LogP contribution in [0.25, 0.3) is 10.4 Å². The van der Waals surface area contributed by atoms with Gasteiger partial charge in [0.05, 0.1) is 13.2 Å². The molecule has 5 rings (SSSR count). The molecule has 0 saturated heterocycles. The molecule has 12 heteroatoms. The molecule has 10 nitrogen and oxygen atoms in total. The van der Waals surface area contributed by atoms with Crippen LogP contribution in [0, 0.1) is 0 Å². The van der Waals surface area contributed by atoms with Crippen molar-refractivity contribution in [1.29, 1.82) is 0 Å². The number of nitrogens with zero attached hydrogens (tertiary/aromatic N) is 4. The highest BCUT2D eigenvalue weighted by molar-refractivity contribution is 9.10. The molecule has 0 radical (unpaired) electrons. The van der Waals surface area contributed by atoms with Crippen LogP contribution in [0.15, 0.2) is 116 Å². The van der Waals surface area contributed by atoms with Crippen LogP contribution in [-0.4, -0.2) is 42.2 Å². The molecule has 47 heavy (non-hydrogen) atoms. The summed E-state index contributed by atoms with van der Waals surface area (Å²) in [6, 6.07) is 30.5. The minimum Gasteiger partial charge on any atom is -0.494 e. The lowest BCUT2D eigenvalue weighted by molar-refractivity contribution is -0.130. The van der Waals surface area contributed by atoms with Gasteiger partial charge >= 0.3 is 0 Å². The van der Waals surface area contributed by atoms with E-state index in [-0.39, 0.29) is 25.5 Å². The largest absolute Gasteiger partial charge is 0.494 e. The maximum absolute atomic E-state index is 14.5. The fourth-order valence-corrected chi connectivity index (χ4v) is 6.10. The molecule has 1 aliphatic rings. The van der Waals surface area contributed by atoms with Crippen molar-refractivity contribution < 1.29 is 19.4 Å². The van der Waals surface area contributed by atoms with Crippen LogP contribution in [0.3, 0.4) is 0 Å². The topological polar surface area (TPSA) is 141 Å². The van der Waals surface area contributed by atoms with Gasteiger partial charge in [0.25, 0.3) is 5.91 Å². The number of amides is 1. The van der Waals surface area contributed by atoms with Crippen LogP contribution >= 0.6 is 31.9 Å². The molecule has 2 atom stereocenters. The molecule has 1 amide bonds. The van der Waals surface area contributed by atoms with Crippen molar-refractivity contribution in [1.82, 2.24) is 10.9 Å². The summed E-state index contributed by atoms with van der Waals surface area (Å²) in [5, 5.41) is 12.9. The molecule has 0 bridgehead atoms. The maximum Gasteiger partial charge on any atom is 0.266 e. The number of hydrogen-bond donors (Lipinski definition) is 3. The molecule has 242 valence electrons. The lowest BCUT2D eigenvalue weighted by Crippen LogP contribution is -2.54. The first kappa shape index (κ1) is 34.2. The van der Waals surface area contributed by atoms with E-state index < -0.39 is 11.6 Å². The summed E-state index contributed by atoms with van der Waals surface area (Å²) in [7, 11) is 0. The molecule has 0 fully saturated rings. The summed E-state index contributed by atoms with van der Waals surface area (Å²) < 4.78 is 14.1. The van der Waals surface area contributed by atoms with E-state index in [1.165, 1.54) is 0 Å². The van der Waals surface area contributed by atoms with Crippen molar-refractivity contribution in [2.45, 2.75) is 37.5 Å². The Balaban J connectivity index is 1.52. The smallest absolute Gasteiger partial charge is 0.266 e. The van der Waals surface area contributed by atoms with Gasteiger partial charge in [0, 0.05) is 51.0 Å². The molecule has 4 aromatic rings. The van der Waals surface area contributed by atoms with E-state index >= 15 is 0 Å². The van der Waals surface area contributed by atoms with E-state index in [1.54, 1.807) is 0 Å². The molecule has 4 aromatic carbocycles. The van der Waals surface area contributed by atoms with E-state index in [2.05, 4.69) is 52.7 Å². The van der Waals surface area contributed by atoms with Crippen LogP contribution in [0.5, 0.6) is 5.75 Å². The molecule has 0 aromatic heterocycles. The van der Waals surface area contributed by atoms with E-state index in [0.717, 1.165) is 31.2 Å². The van der Waals surface area contributed by atoms with E-state index in [4.69, 9.17) is 25.1 Å². The average molecular weight is 763 g/mol. The average Bonchev–Trinajstić information content (AvgIpc) is 3.47. The first-order valence-corrected chi connectivity index (χ1v) is 16.7. The summed E-state index contributed by atoms with van der Waals surface area (Å²) in [4.78, 5) is 22.6. The van der Waals surface area contributed by atoms with Gasteiger partial charge in [-0.1, -0.05) is 91.6 Å². The number of carbonyl (C=O) groups is 1. The van der Waals surface area contributed by atoms with Gasteiger partial charge in [0.15, 0.2) is 11.6 Å². The van der Waals surface area contributed by atoms with Crippen LogP contribution in [0.4, 0.5) is 0 Å². The monoisotopic (exact) mass is 760 g/mol. The number of benzene rings is 4. The zero-order valence-corrected chi connectivity index (χ0v) is 28.7. The van der Waals surface area contributed by atoms with Gasteiger partial charge in [-0.2, -0.15) is 0 Å². The van der Waals surface area contributed by atoms with Crippen molar-refractivity contribution in [3.8, 4) is 5.75 Å². The molecular formula is C35H34Br2N6O4. The number of hydrogen-bond acceptors (Lipinski definition) is 7. The Hall–Kier alpha value is -4.19. The molecule has 3 N–H and O–H groups in total. The normalized spacial score (nSPS) is 16.9. The minimum absolute atomic E-state index is 0.0500. The molecule has 1 aliphatic heterocycles. The highest BCUT2D eigenvalue weighted by Gasteiger charge is 2.54. The van der Waals surface area contributed by atoms with Gasteiger partial charge in [0.2, 0.25) is 5.90 Å². The lowest BCUT2D eigenvalue weighted by Gasteiger charge is -2.32. The number of aliphatic imine (C=N–C) groups is 1. The van der Waals surface area contributed by atoms with Crippen molar-refractivity contribution in [2.75, 3.05) is 19.8 Å². The minimum atomic E-state index is -1.45. The number of ether oxygens (including phenoxy) is 2. The van der Waals surface area contributed by atoms with Crippen molar-refractivity contribution >= 4 is 43.7 Å².